The largest absolute Gasteiger partial charge is 0.367 e. The summed E-state index contributed by atoms with van der Waals surface area (Å²) < 4.78 is 26.3. The molecule has 1 saturated carbocycles. The molecule has 0 atom stereocenters. The number of nitrogens with zero attached hydrogens (tertiary/aromatic N) is 3. The lowest BCUT2D eigenvalue weighted by Crippen LogP contribution is -2.40. The highest BCUT2D eigenvalue weighted by Gasteiger charge is 2.24. The van der Waals surface area contributed by atoms with Crippen LogP contribution in [0.4, 0.5) is 20.4 Å². The number of halogens is 2. The molecule has 0 spiro atoms. The van der Waals surface area contributed by atoms with Gasteiger partial charge in [-0.1, -0.05) is 0 Å². The summed E-state index contributed by atoms with van der Waals surface area (Å²) in [4.78, 5) is 22.9. The molecular formula is C20H25F2N5O. The Kier molecular flexibility index (Phi) is 6.06. The molecule has 8 heteroatoms. The van der Waals surface area contributed by atoms with Gasteiger partial charge in [0.15, 0.2) is 11.6 Å². The lowest BCUT2D eigenvalue weighted by molar-refractivity contribution is 0.0926. The molecule has 1 fully saturated rings. The second-order valence-corrected chi connectivity index (χ2v) is 7.36. The van der Waals surface area contributed by atoms with E-state index in [0.29, 0.717) is 0 Å². The van der Waals surface area contributed by atoms with E-state index in [4.69, 9.17) is 0 Å². The number of nitrogens with one attached hydrogen (secondary N) is 2. The average Bonchev–Trinajstić information content (AvgIpc) is 2.67. The van der Waals surface area contributed by atoms with Crippen molar-refractivity contribution in [1.82, 2.24) is 15.3 Å². The number of carbonyl (C=O) groups is 1. The van der Waals surface area contributed by atoms with Crippen LogP contribution >= 0.6 is 0 Å². The van der Waals surface area contributed by atoms with Crippen LogP contribution in [-0.2, 0) is 0 Å². The van der Waals surface area contributed by atoms with Crippen molar-refractivity contribution in [2.75, 3.05) is 24.3 Å². The first-order valence-corrected chi connectivity index (χ1v) is 9.36. The summed E-state index contributed by atoms with van der Waals surface area (Å²) >= 11 is 0. The molecule has 28 heavy (non-hydrogen) atoms. The number of aromatic nitrogens is 2. The van der Waals surface area contributed by atoms with Crippen LogP contribution in [-0.4, -0.2) is 42.1 Å². The molecule has 0 bridgehead atoms. The van der Waals surface area contributed by atoms with Crippen LogP contribution in [0.1, 0.15) is 41.6 Å². The van der Waals surface area contributed by atoms with E-state index in [9.17, 15) is 13.6 Å². The predicted molar refractivity (Wildman–Crippen MR) is 105 cm³/mol. The fraction of sp³-hybridized carbons (Fsp3) is 0.450. The SMILES string of the molecule is Cc1c(N[C@H]2CC[C@@H](NC(=O)c3ccc(F)c(F)c3)CC2)ncnc1N(C)C. The molecular weight excluding hydrogens is 364 g/mol. The van der Waals surface area contributed by atoms with E-state index in [1.54, 1.807) is 6.33 Å². The maximum atomic E-state index is 13.3. The molecule has 0 aliphatic heterocycles. The van der Waals surface area contributed by atoms with Crippen molar-refractivity contribution in [2.24, 2.45) is 0 Å². The van der Waals surface area contributed by atoms with Gasteiger partial charge >= 0.3 is 0 Å². The van der Waals surface area contributed by atoms with Crippen LogP contribution in [0.5, 0.6) is 0 Å². The molecule has 0 saturated heterocycles. The Labute approximate surface area is 163 Å². The number of benzene rings is 1. The van der Waals surface area contributed by atoms with Gasteiger partial charge in [-0.05, 0) is 50.8 Å². The van der Waals surface area contributed by atoms with Crippen molar-refractivity contribution in [3.63, 3.8) is 0 Å². The maximum Gasteiger partial charge on any atom is 0.251 e. The third-order valence-electron chi connectivity index (χ3n) is 5.07. The Morgan fingerprint density at radius 2 is 1.75 bits per heavy atom. The normalized spacial score (nSPS) is 19.2. The molecule has 1 aliphatic carbocycles. The van der Waals surface area contributed by atoms with Crippen LogP contribution < -0.4 is 15.5 Å². The van der Waals surface area contributed by atoms with Gasteiger partial charge < -0.3 is 15.5 Å². The molecule has 1 aromatic heterocycles. The van der Waals surface area contributed by atoms with E-state index in [1.807, 2.05) is 25.9 Å². The first-order chi connectivity index (χ1) is 13.3. The molecule has 3 rings (SSSR count). The van der Waals surface area contributed by atoms with Gasteiger partial charge in [-0.3, -0.25) is 4.79 Å². The van der Waals surface area contributed by atoms with Gasteiger partial charge in [0, 0.05) is 37.3 Å². The number of carbonyl (C=O) groups excluding carboxylic acids is 1. The van der Waals surface area contributed by atoms with E-state index >= 15 is 0 Å². The lowest BCUT2D eigenvalue weighted by Gasteiger charge is -2.30. The number of amides is 1. The molecule has 0 radical (unpaired) electrons. The van der Waals surface area contributed by atoms with Gasteiger partial charge in [-0.2, -0.15) is 0 Å². The molecule has 1 amide bonds. The van der Waals surface area contributed by atoms with Crippen LogP contribution in [0, 0.1) is 18.6 Å². The lowest BCUT2D eigenvalue weighted by atomic mass is 9.91. The summed E-state index contributed by atoms with van der Waals surface area (Å²) in [5.74, 6) is -0.644. The molecule has 1 heterocycles. The van der Waals surface area contributed by atoms with Crippen LogP contribution in [0.25, 0.3) is 0 Å². The second-order valence-electron chi connectivity index (χ2n) is 7.36. The zero-order chi connectivity index (χ0) is 20.3. The minimum absolute atomic E-state index is 0.0162. The first-order valence-electron chi connectivity index (χ1n) is 9.36. The minimum Gasteiger partial charge on any atom is -0.367 e. The van der Waals surface area contributed by atoms with Crippen LogP contribution in [0.15, 0.2) is 24.5 Å². The highest BCUT2D eigenvalue weighted by molar-refractivity contribution is 5.94. The molecule has 1 aliphatic rings. The Morgan fingerprint density at radius 3 is 2.39 bits per heavy atom. The highest BCUT2D eigenvalue weighted by Crippen LogP contribution is 2.26. The summed E-state index contributed by atoms with van der Waals surface area (Å²) in [6.45, 7) is 1.99. The molecule has 2 N–H and O–H groups in total. The van der Waals surface area contributed by atoms with Crippen molar-refractivity contribution in [3.05, 3.63) is 47.3 Å². The monoisotopic (exact) mass is 389 g/mol. The predicted octanol–water partition coefficient (Wildman–Crippen LogP) is 3.28. The van der Waals surface area contributed by atoms with Crippen molar-refractivity contribution in [1.29, 1.82) is 0 Å². The molecule has 0 unspecified atom stereocenters. The topological polar surface area (TPSA) is 70.1 Å². The first kappa shape index (κ1) is 20.0. The number of rotatable bonds is 5. The minimum atomic E-state index is -1.02. The van der Waals surface area contributed by atoms with Gasteiger partial charge in [0.1, 0.15) is 18.0 Å². The molecule has 2 aromatic rings. The van der Waals surface area contributed by atoms with Gasteiger partial charge in [-0.15, -0.1) is 0 Å². The molecule has 6 nitrogen and oxygen atoms in total. The van der Waals surface area contributed by atoms with E-state index < -0.39 is 11.6 Å². The fourth-order valence-corrected chi connectivity index (χ4v) is 3.52. The zero-order valence-electron chi connectivity index (χ0n) is 16.3. The summed E-state index contributed by atoms with van der Waals surface area (Å²) in [7, 11) is 3.89. The van der Waals surface area contributed by atoms with Crippen molar-refractivity contribution in [2.45, 2.75) is 44.7 Å². The van der Waals surface area contributed by atoms with Gasteiger partial charge in [0.2, 0.25) is 0 Å². The summed E-state index contributed by atoms with van der Waals surface area (Å²) in [5, 5.41) is 6.40. The summed E-state index contributed by atoms with van der Waals surface area (Å²) in [6.07, 6.45) is 4.92. The zero-order valence-corrected chi connectivity index (χ0v) is 16.3. The number of anilines is 2. The Bertz CT molecular complexity index is 850. The molecule has 150 valence electrons. The van der Waals surface area contributed by atoms with Gasteiger partial charge in [0.25, 0.3) is 5.91 Å². The van der Waals surface area contributed by atoms with Gasteiger partial charge in [-0.25, -0.2) is 18.7 Å². The second kappa shape index (κ2) is 8.50. The number of hydrogen-bond acceptors (Lipinski definition) is 5. The third kappa shape index (κ3) is 4.55. The van der Waals surface area contributed by atoms with Crippen LogP contribution in [0.3, 0.4) is 0 Å². The Balaban J connectivity index is 1.54. The van der Waals surface area contributed by atoms with Gasteiger partial charge in [0.05, 0.1) is 0 Å². The average molecular weight is 389 g/mol. The van der Waals surface area contributed by atoms with Crippen molar-refractivity contribution >= 4 is 17.5 Å². The summed E-state index contributed by atoms with van der Waals surface area (Å²) in [6, 6.07) is 3.47. The summed E-state index contributed by atoms with van der Waals surface area (Å²) in [5.41, 5.74) is 1.13. The van der Waals surface area contributed by atoms with Crippen molar-refractivity contribution in [3.8, 4) is 0 Å². The van der Waals surface area contributed by atoms with E-state index in [-0.39, 0.29) is 23.6 Å². The smallest absolute Gasteiger partial charge is 0.251 e. The van der Waals surface area contributed by atoms with Crippen LogP contribution in [0.2, 0.25) is 0 Å². The van der Waals surface area contributed by atoms with E-state index in [2.05, 4.69) is 20.6 Å². The third-order valence-corrected chi connectivity index (χ3v) is 5.07. The van der Waals surface area contributed by atoms with E-state index in [1.165, 1.54) is 6.07 Å². The quantitative estimate of drug-likeness (QED) is 0.821. The van der Waals surface area contributed by atoms with Crippen molar-refractivity contribution < 1.29 is 13.6 Å². The Morgan fingerprint density at radius 1 is 1.07 bits per heavy atom. The fourth-order valence-electron chi connectivity index (χ4n) is 3.52. The maximum absolute atomic E-state index is 13.3. The number of hydrogen-bond donors (Lipinski definition) is 2. The standard InChI is InChI=1S/C20H25F2N5O/c1-12-18(23-11-24-19(12)27(2)3)25-14-5-7-15(8-6-14)26-20(28)13-4-9-16(21)17(22)10-13/h4,9-11,14-15H,5-8H2,1-3H3,(H,26,28)(H,23,24,25)/t14-,15+. The highest BCUT2D eigenvalue weighted by atomic mass is 19.2. The van der Waals surface area contributed by atoms with E-state index in [0.717, 1.165) is 55.0 Å². The Hall–Kier alpha value is -2.77. The molecule has 1 aromatic carbocycles.